The summed E-state index contributed by atoms with van der Waals surface area (Å²) < 4.78 is 0. The number of nitrogens with zero attached hydrogens (tertiary/aromatic N) is 1. The van der Waals surface area contributed by atoms with Gasteiger partial charge in [-0.2, -0.15) is 0 Å². The van der Waals surface area contributed by atoms with Crippen LogP contribution in [0.2, 0.25) is 0 Å². The van der Waals surface area contributed by atoms with Crippen molar-refractivity contribution in [2.24, 2.45) is 4.99 Å². The lowest BCUT2D eigenvalue weighted by atomic mass is 10.0. The maximum Gasteiger partial charge on any atom is 0.120 e. The van der Waals surface area contributed by atoms with Crippen molar-refractivity contribution < 1.29 is 0 Å². The van der Waals surface area contributed by atoms with Crippen LogP contribution in [0, 0.1) is 0 Å². The second kappa shape index (κ2) is 17.8. The van der Waals surface area contributed by atoms with Crippen LogP contribution in [0.1, 0.15) is 96.8 Å². The van der Waals surface area contributed by atoms with Crippen molar-refractivity contribution in [3.05, 3.63) is 12.2 Å². The first-order chi connectivity index (χ1) is 10.9. The number of unbranched alkanes of at least 4 members (excludes halogenated alkanes) is 13. The molecule has 1 aliphatic rings. The smallest absolute Gasteiger partial charge is 0.120 e. The lowest BCUT2D eigenvalue weighted by Gasteiger charge is -2.02. The number of amidine groups is 1. The van der Waals surface area contributed by atoms with Crippen molar-refractivity contribution in [2.45, 2.75) is 96.8 Å². The molecule has 0 aromatic carbocycles. The van der Waals surface area contributed by atoms with E-state index in [4.69, 9.17) is 0 Å². The first-order valence-corrected chi connectivity index (χ1v) is 9.88. The molecule has 0 spiro atoms. The highest BCUT2D eigenvalue weighted by Crippen LogP contribution is 2.13. The highest BCUT2D eigenvalue weighted by Gasteiger charge is 1.98. The summed E-state index contributed by atoms with van der Waals surface area (Å²) in [5, 5.41) is 3.27. The molecule has 0 radical (unpaired) electrons. The van der Waals surface area contributed by atoms with E-state index in [-0.39, 0.29) is 12.4 Å². The van der Waals surface area contributed by atoms with Crippen molar-refractivity contribution >= 4 is 18.2 Å². The number of rotatable bonds is 15. The molecule has 1 N–H and O–H groups in total. The van der Waals surface area contributed by atoms with Crippen molar-refractivity contribution in [2.75, 3.05) is 13.1 Å². The molecule has 0 bridgehead atoms. The fourth-order valence-corrected chi connectivity index (χ4v) is 3.00. The van der Waals surface area contributed by atoms with E-state index in [1.807, 2.05) is 0 Å². The number of aliphatic imine (C=N–C) groups is 1. The Bertz CT molecular complexity index is 300. The van der Waals surface area contributed by atoms with Crippen LogP contribution in [0.4, 0.5) is 0 Å². The summed E-state index contributed by atoms with van der Waals surface area (Å²) in [6.45, 7) is 4.24. The van der Waals surface area contributed by atoms with Crippen LogP contribution in [0.15, 0.2) is 17.1 Å². The van der Waals surface area contributed by atoms with Crippen LogP contribution in [0.3, 0.4) is 0 Å². The lowest BCUT2D eigenvalue weighted by molar-refractivity contribution is 0.540. The molecule has 1 heterocycles. The Balaban J connectivity index is 0.00000484. The van der Waals surface area contributed by atoms with Crippen molar-refractivity contribution in [3.63, 3.8) is 0 Å². The standard InChI is InChI=1S/C20H38N2.ClH/c1-2-3-4-5-6-7-8-9-10-11-12-13-14-15-16-17-20-21-18-19-22-20;/h16-17H,2-15,18-19H2,1H3,(H,21,22);1H/b17-16+;. The summed E-state index contributed by atoms with van der Waals surface area (Å²) in [6, 6.07) is 0. The molecule has 3 heteroatoms. The Morgan fingerprint density at radius 3 is 1.83 bits per heavy atom. The van der Waals surface area contributed by atoms with Crippen molar-refractivity contribution in [1.29, 1.82) is 0 Å². The Kier molecular flexibility index (Phi) is 17.5. The zero-order valence-electron chi connectivity index (χ0n) is 15.3. The topological polar surface area (TPSA) is 24.4 Å². The Morgan fingerprint density at radius 2 is 1.35 bits per heavy atom. The molecule has 0 saturated carbocycles. The summed E-state index contributed by atoms with van der Waals surface area (Å²) in [5.41, 5.74) is 0. The fraction of sp³-hybridized carbons (Fsp3) is 0.850. The molecule has 2 nitrogen and oxygen atoms in total. The van der Waals surface area contributed by atoms with E-state index < -0.39 is 0 Å². The Hall–Kier alpha value is -0.500. The van der Waals surface area contributed by atoms with Gasteiger partial charge in [0.05, 0.1) is 6.54 Å². The summed E-state index contributed by atoms with van der Waals surface area (Å²) >= 11 is 0. The molecular weight excluding hydrogens is 304 g/mol. The van der Waals surface area contributed by atoms with E-state index in [1.54, 1.807) is 0 Å². The number of allylic oxidation sites excluding steroid dienone is 1. The second-order valence-electron chi connectivity index (χ2n) is 6.63. The lowest BCUT2D eigenvalue weighted by Crippen LogP contribution is -2.15. The third-order valence-corrected chi connectivity index (χ3v) is 4.45. The third kappa shape index (κ3) is 14.8. The molecule has 136 valence electrons. The maximum absolute atomic E-state index is 4.36. The summed E-state index contributed by atoms with van der Waals surface area (Å²) in [4.78, 5) is 4.36. The highest BCUT2D eigenvalue weighted by molar-refractivity contribution is 5.93. The monoisotopic (exact) mass is 342 g/mol. The van der Waals surface area contributed by atoms with Crippen LogP contribution in [0.25, 0.3) is 0 Å². The zero-order chi connectivity index (χ0) is 15.7. The summed E-state index contributed by atoms with van der Waals surface area (Å²) in [7, 11) is 0. The molecule has 1 rings (SSSR count). The highest BCUT2D eigenvalue weighted by atomic mass is 35.5. The van der Waals surface area contributed by atoms with Gasteiger partial charge in [-0.25, -0.2) is 0 Å². The van der Waals surface area contributed by atoms with E-state index >= 15 is 0 Å². The van der Waals surface area contributed by atoms with Crippen LogP contribution >= 0.6 is 12.4 Å². The SMILES string of the molecule is CCCCCCCCCCCCCCC/C=C/C1=NCCN1.Cl. The van der Waals surface area contributed by atoms with E-state index in [0.717, 1.165) is 18.9 Å². The predicted molar refractivity (Wildman–Crippen MR) is 107 cm³/mol. The minimum atomic E-state index is 0. The van der Waals surface area contributed by atoms with Crippen LogP contribution < -0.4 is 5.32 Å². The van der Waals surface area contributed by atoms with Crippen molar-refractivity contribution in [3.8, 4) is 0 Å². The average molecular weight is 343 g/mol. The number of nitrogens with one attached hydrogen (secondary N) is 1. The molecule has 0 aliphatic carbocycles. The number of hydrogen-bond acceptors (Lipinski definition) is 2. The normalized spacial score (nSPS) is 13.9. The van der Waals surface area contributed by atoms with E-state index in [2.05, 4.69) is 29.4 Å². The maximum atomic E-state index is 4.36. The molecule has 0 fully saturated rings. The minimum absolute atomic E-state index is 0. The van der Waals surface area contributed by atoms with Crippen LogP contribution in [-0.4, -0.2) is 18.9 Å². The first-order valence-electron chi connectivity index (χ1n) is 9.88. The van der Waals surface area contributed by atoms with Gasteiger partial charge in [-0.15, -0.1) is 12.4 Å². The first kappa shape index (κ1) is 22.5. The van der Waals surface area contributed by atoms with Gasteiger partial charge in [0.2, 0.25) is 0 Å². The van der Waals surface area contributed by atoms with Gasteiger partial charge in [0.25, 0.3) is 0 Å². The van der Waals surface area contributed by atoms with Gasteiger partial charge in [0, 0.05) is 6.54 Å². The van der Waals surface area contributed by atoms with Gasteiger partial charge in [-0.1, -0.05) is 90.0 Å². The number of hydrogen-bond donors (Lipinski definition) is 1. The molecule has 0 saturated heterocycles. The predicted octanol–water partition coefficient (Wildman–Crippen LogP) is 6.45. The van der Waals surface area contributed by atoms with Gasteiger partial charge in [0.15, 0.2) is 0 Å². The molecule has 23 heavy (non-hydrogen) atoms. The van der Waals surface area contributed by atoms with Crippen LogP contribution in [-0.2, 0) is 0 Å². The molecular formula is C20H39ClN2. The second-order valence-corrected chi connectivity index (χ2v) is 6.63. The summed E-state index contributed by atoms with van der Waals surface area (Å²) in [6.07, 6.45) is 24.2. The Morgan fingerprint density at radius 1 is 0.826 bits per heavy atom. The molecule has 0 aromatic heterocycles. The average Bonchev–Trinajstić information content (AvgIpc) is 3.04. The van der Waals surface area contributed by atoms with Crippen LogP contribution in [0.5, 0.6) is 0 Å². The van der Waals surface area contributed by atoms with E-state index in [1.165, 1.54) is 89.9 Å². The molecule has 0 unspecified atom stereocenters. The summed E-state index contributed by atoms with van der Waals surface area (Å²) in [5.74, 6) is 1.08. The molecule has 0 amide bonds. The zero-order valence-corrected chi connectivity index (χ0v) is 16.1. The van der Waals surface area contributed by atoms with Gasteiger partial charge in [-0.05, 0) is 18.9 Å². The largest absolute Gasteiger partial charge is 0.369 e. The minimum Gasteiger partial charge on any atom is -0.369 e. The molecule has 0 atom stereocenters. The van der Waals surface area contributed by atoms with Crippen molar-refractivity contribution in [1.82, 2.24) is 5.32 Å². The molecule has 1 aliphatic heterocycles. The van der Waals surface area contributed by atoms with E-state index in [0.29, 0.717) is 0 Å². The number of halogens is 1. The third-order valence-electron chi connectivity index (χ3n) is 4.45. The Labute approximate surface area is 151 Å². The van der Waals surface area contributed by atoms with Gasteiger partial charge < -0.3 is 5.32 Å². The quantitative estimate of drug-likeness (QED) is 0.340. The van der Waals surface area contributed by atoms with Gasteiger partial charge in [-0.3, -0.25) is 4.99 Å². The van der Waals surface area contributed by atoms with Gasteiger partial charge in [0.1, 0.15) is 5.84 Å². The fourth-order valence-electron chi connectivity index (χ4n) is 3.00. The molecule has 0 aromatic rings. The van der Waals surface area contributed by atoms with Gasteiger partial charge >= 0.3 is 0 Å². The van der Waals surface area contributed by atoms with E-state index in [9.17, 15) is 0 Å².